The lowest BCUT2D eigenvalue weighted by Gasteiger charge is -2.30. The van der Waals surface area contributed by atoms with Crippen LogP contribution in [0.5, 0.6) is 0 Å². The third-order valence-corrected chi connectivity index (χ3v) is 5.89. The minimum atomic E-state index is -4.42. The van der Waals surface area contributed by atoms with Gasteiger partial charge in [-0.25, -0.2) is 4.68 Å². The van der Waals surface area contributed by atoms with Crippen molar-refractivity contribution >= 4 is 28.0 Å². The second-order valence-corrected chi connectivity index (χ2v) is 8.04. The van der Waals surface area contributed by atoms with Gasteiger partial charge in [0.15, 0.2) is 5.65 Å². The monoisotopic (exact) mass is 443 g/mol. The van der Waals surface area contributed by atoms with Gasteiger partial charge < -0.3 is 10.0 Å². The lowest BCUT2D eigenvalue weighted by atomic mass is 10.1. The first-order chi connectivity index (χ1) is 15.2. The van der Waals surface area contributed by atoms with Crippen LogP contribution in [0.3, 0.4) is 0 Å². The van der Waals surface area contributed by atoms with Crippen LogP contribution in [0.15, 0.2) is 42.5 Å². The number of aliphatic hydroxyl groups excluding tert-OH is 1. The molecule has 0 spiro atoms. The highest BCUT2D eigenvalue weighted by atomic mass is 19.4. The van der Waals surface area contributed by atoms with Crippen LogP contribution in [0.2, 0.25) is 0 Å². The molecule has 0 saturated carbocycles. The Bertz CT molecular complexity index is 1320. The van der Waals surface area contributed by atoms with Crippen LogP contribution >= 0.6 is 0 Å². The molecule has 7 nitrogen and oxygen atoms in total. The first kappa shape index (κ1) is 20.5. The first-order valence-corrected chi connectivity index (χ1v) is 10.2. The zero-order chi connectivity index (χ0) is 22.6. The summed E-state index contributed by atoms with van der Waals surface area (Å²) in [4.78, 5) is 14.6. The van der Waals surface area contributed by atoms with Crippen molar-refractivity contribution in [3.05, 3.63) is 53.6 Å². The SMILES string of the molecule is Cn1nnc2c3cc(C(=O)N4CCCC(O)C4)ccc3n(-c3ccc(C(F)(F)F)cc3)c21. The molecule has 4 aromatic rings. The van der Waals surface area contributed by atoms with E-state index in [9.17, 15) is 23.1 Å². The number of aromatic nitrogens is 4. The maximum absolute atomic E-state index is 13.0. The summed E-state index contributed by atoms with van der Waals surface area (Å²) in [7, 11) is 1.70. The molecule has 0 radical (unpaired) electrons. The van der Waals surface area contributed by atoms with E-state index < -0.39 is 17.8 Å². The molecular formula is C22H20F3N5O2. The Kier molecular flexibility index (Phi) is 4.70. The molecule has 1 saturated heterocycles. The van der Waals surface area contributed by atoms with E-state index in [0.29, 0.717) is 52.8 Å². The molecule has 2 aromatic carbocycles. The number of hydrogen-bond donors (Lipinski definition) is 1. The zero-order valence-electron chi connectivity index (χ0n) is 17.2. The third kappa shape index (κ3) is 3.31. The predicted molar refractivity (Wildman–Crippen MR) is 111 cm³/mol. The van der Waals surface area contributed by atoms with Gasteiger partial charge in [-0.1, -0.05) is 5.21 Å². The Morgan fingerprint density at radius 2 is 1.91 bits per heavy atom. The zero-order valence-corrected chi connectivity index (χ0v) is 17.2. The van der Waals surface area contributed by atoms with Crippen molar-refractivity contribution in [1.29, 1.82) is 0 Å². The smallest absolute Gasteiger partial charge is 0.391 e. The lowest BCUT2D eigenvalue weighted by Crippen LogP contribution is -2.42. The summed E-state index contributed by atoms with van der Waals surface area (Å²) in [5, 5.41) is 18.9. The van der Waals surface area contributed by atoms with Gasteiger partial charge in [0.2, 0.25) is 0 Å². The number of aryl methyl sites for hydroxylation is 1. The molecule has 1 unspecified atom stereocenters. The summed E-state index contributed by atoms with van der Waals surface area (Å²) in [6.07, 6.45) is -3.52. The Hall–Kier alpha value is -3.40. The molecule has 1 aliphatic rings. The number of carbonyl (C=O) groups is 1. The fourth-order valence-electron chi connectivity index (χ4n) is 4.33. The van der Waals surface area contributed by atoms with Gasteiger partial charge in [-0.2, -0.15) is 13.2 Å². The highest BCUT2D eigenvalue weighted by molar-refractivity contribution is 6.09. The van der Waals surface area contributed by atoms with E-state index >= 15 is 0 Å². The summed E-state index contributed by atoms with van der Waals surface area (Å²) in [6, 6.07) is 10.1. The van der Waals surface area contributed by atoms with Crippen molar-refractivity contribution in [1.82, 2.24) is 24.5 Å². The standard InChI is InChI=1S/C22H20F3N5O2/c1-28-20-19(26-27-28)17-11-13(21(32)29-10-2-3-16(31)12-29)4-9-18(17)30(20)15-7-5-14(6-8-15)22(23,24)25/h4-9,11,16,31H,2-3,10,12H2,1H3. The Labute approximate surface area is 180 Å². The number of aliphatic hydroxyl groups is 1. The fourth-order valence-corrected chi connectivity index (χ4v) is 4.33. The number of carbonyl (C=O) groups excluding carboxylic acids is 1. The van der Waals surface area contributed by atoms with Crippen LogP contribution in [-0.4, -0.2) is 54.7 Å². The van der Waals surface area contributed by atoms with Crippen molar-refractivity contribution in [3.8, 4) is 5.69 Å². The van der Waals surface area contributed by atoms with Crippen LogP contribution in [0.4, 0.5) is 13.2 Å². The van der Waals surface area contributed by atoms with Crippen molar-refractivity contribution in [3.63, 3.8) is 0 Å². The van der Waals surface area contributed by atoms with Gasteiger partial charge in [0.05, 0.1) is 17.2 Å². The number of piperidine rings is 1. The molecular weight excluding hydrogens is 423 g/mol. The number of halogens is 3. The molecule has 1 N–H and O–H groups in total. The average molecular weight is 443 g/mol. The van der Waals surface area contributed by atoms with E-state index in [1.807, 2.05) is 0 Å². The molecule has 32 heavy (non-hydrogen) atoms. The number of alkyl halides is 3. The van der Waals surface area contributed by atoms with Gasteiger partial charge in [0.25, 0.3) is 5.91 Å². The molecule has 1 fully saturated rings. The van der Waals surface area contributed by atoms with Crippen LogP contribution in [0, 0.1) is 0 Å². The lowest BCUT2D eigenvalue weighted by molar-refractivity contribution is -0.137. The second kappa shape index (κ2) is 7.33. The molecule has 2 aromatic heterocycles. The molecule has 3 heterocycles. The molecule has 1 aliphatic heterocycles. The van der Waals surface area contributed by atoms with Crippen molar-refractivity contribution in [2.24, 2.45) is 7.05 Å². The van der Waals surface area contributed by atoms with E-state index in [1.54, 1.807) is 39.4 Å². The van der Waals surface area contributed by atoms with Crippen LogP contribution in [0.1, 0.15) is 28.8 Å². The maximum atomic E-state index is 13.0. The molecule has 0 aliphatic carbocycles. The van der Waals surface area contributed by atoms with Crippen LogP contribution in [0.25, 0.3) is 27.8 Å². The highest BCUT2D eigenvalue weighted by Crippen LogP contribution is 2.34. The Balaban J connectivity index is 1.63. The van der Waals surface area contributed by atoms with E-state index in [1.165, 1.54) is 12.1 Å². The van der Waals surface area contributed by atoms with Gasteiger partial charge in [-0.3, -0.25) is 9.36 Å². The largest absolute Gasteiger partial charge is 0.416 e. The summed E-state index contributed by atoms with van der Waals surface area (Å²) >= 11 is 0. The molecule has 5 rings (SSSR count). The number of fused-ring (bicyclic) bond motifs is 3. The van der Waals surface area contributed by atoms with Crippen molar-refractivity contribution < 1.29 is 23.1 Å². The van der Waals surface area contributed by atoms with E-state index in [4.69, 9.17) is 0 Å². The van der Waals surface area contributed by atoms with Crippen molar-refractivity contribution in [2.45, 2.75) is 25.1 Å². The molecule has 1 amide bonds. The predicted octanol–water partition coefficient (Wildman–Crippen LogP) is 3.53. The Morgan fingerprint density at radius 3 is 2.59 bits per heavy atom. The molecule has 0 bridgehead atoms. The minimum Gasteiger partial charge on any atom is -0.391 e. The van der Waals surface area contributed by atoms with Crippen LogP contribution in [-0.2, 0) is 13.2 Å². The topological polar surface area (TPSA) is 76.2 Å². The summed E-state index contributed by atoms with van der Waals surface area (Å²) in [5.41, 5.74) is 2.13. The molecule has 166 valence electrons. The average Bonchev–Trinajstić information content (AvgIpc) is 3.30. The van der Waals surface area contributed by atoms with Crippen LogP contribution < -0.4 is 0 Å². The number of hydrogen-bond acceptors (Lipinski definition) is 4. The Morgan fingerprint density at radius 1 is 1.16 bits per heavy atom. The van der Waals surface area contributed by atoms with Gasteiger partial charge in [0, 0.05) is 36.8 Å². The molecule has 10 heteroatoms. The number of β-amino-alcohol motifs (C(OH)–C–C–N with tert-alkyl or cyclic N) is 1. The second-order valence-electron chi connectivity index (χ2n) is 8.04. The number of likely N-dealkylation sites (tertiary alicyclic amines) is 1. The maximum Gasteiger partial charge on any atom is 0.416 e. The fraction of sp³-hybridized carbons (Fsp3) is 0.318. The van der Waals surface area contributed by atoms with Gasteiger partial charge in [0.1, 0.15) is 5.52 Å². The third-order valence-electron chi connectivity index (χ3n) is 5.89. The van der Waals surface area contributed by atoms with E-state index in [2.05, 4.69) is 10.3 Å². The number of nitrogens with zero attached hydrogens (tertiary/aromatic N) is 5. The quantitative estimate of drug-likeness (QED) is 0.514. The van der Waals surface area contributed by atoms with Gasteiger partial charge in [-0.05, 0) is 55.3 Å². The number of amides is 1. The van der Waals surface area contributed by atoms with E-state index in [0.717, 1.165) is 18.6 Å². The summed E-state index contributed by atoms with van der Waals surface area (Å²) < 4.78 is 42.3. The van der Waals surface area contributed by atoms with Gasteiger partial charge >= 0.3 is 6.18 Å². The minimum absolute atomic E-state index is 0.176. The molecule has 1 atom stereocenters. The number of rotatable bonds is 2. The highest BCUT2D eigenvalue weighted by Gasteiger charge is 2.30. The summed E-state index contributed by atoms with van der Waals surface area (Å²) in [5.74, 6) is -0.176. The summed E-state index contributed by atoms with van der Waals surface area (Å²) in [6.45, 7) is 0.880. The normalized spacial score (nSPS) is 17.4. The number of benzene rings is 2. The van der Waals surface area contributed by atoms with Crippen molar-refractivity contribution in [2.75, 3.05) is 13.1 Å². The van der Waals surface area contributed by atoms with E-state index in [-0.39, 0.29) is 5.91 Å². The van der Waals surface area contributed by atoms with Gasteiger partial charge in [-0.15, -0.1) is 5.10 Å². The first-order valence-electron chi connectivity index (χ1n) is 10.2.